The van der Waals surface area contributed by atoms with Crippen molar-refractivity contribution < 1.29 is 17.9 Å². The summed E-state index contributed by atoms with van der Waals surface area (Å²) in [4.78, 5) is 0. The largest absolute Gasteiger partial charge is 0.491 e. The molecule has 0 heterocycles. The molecular formula is C16H23F3O. The van der Waals surface area contributed by atoms with Crippen molar-refractivity contribution in [3.05, 3.63) is 29.8 Å². The van der Waals surface area contributed by atoms with Crippen molar-refractivity contribution in [1.82, 2.24) is 0 Å². The first-order valence-corrected chi connectivity index (χ1v) is 7.27. The minimum absolute atomic E-state index is 0.0555. The fraction of sp³-hybridized carbons (Fsp3) is 0.625. The number of halogens is 3. The third-order valence-corrected chi connectivity index (χ3v) is 3.21. The lowest BCUT2D eigenvalue weighted by Gasteiger charge is -2.16. The maximum Gasteiger partial charge on any atom is 0.416 e. The predicted molar refractivity (Wildman–Crippen MR) is 74.9 cm³/mol. The standard InChI is InChI=1S/C16H23F3O/c1-3-4-5-6-7-9-13(2)20-15-11-8-10-14(12-15)16(17,18)19/h8,10-13H,3-7,9H2,1-2H3. The molecule has 0 aliphatic heterocycles. The lowest BCUT2D eigenvalue weighted by molar-refractivity contribution is -0.137. The van der Waals surface area contributed by atoms with Crippen molar-refractivity contribution in [2.24, 2.45) is 0 Å². The van der Waals surface area contributed by atoms with E-state index in [9.17, 15) is 13.2 Å². The first-order chi connectivity index (χ1) is 9.43. The molecule has 114 valence electrons. The highest BCUT2D eigenvalue weighted by atomic mass is 19.4. The van der Waals surface area contributed by atoms with E-state index in [1.54, 1.807) is 6.07 Å². The van der Waals surface area contributed by atoms with Crippen LogP contribution in [0.4, 0.5) is 13.2 Å². The number of rotatable bonds is 8. The number of benzene rings is 1. The molecule has 0 saturated heterocycles. The topological polar surface area (TPSA) is 9.23 Å². The van der Waals surface area contributed by atoms with Gasteiger partial charge in [0.2, 0.25) is 0 Å². The van der Waals surface area contributed by atoms with Crippen LogP contribution in [0.3, 0.4) is 0 Å². The zero-order valence-corrected chi connectivity index (χ0v) is 12.2. The van der Waals surface area contributed by atoms with Crippen molar-refractivity contribution in [1.29, 1.82) is 0 Å². The molecule has 0 aromatic heterocycles. The Hall–Kier alpha value is -1.19. The number of ether oxygens (including phenoxy) is 1. The number of alkyl halides is 3. The molecule has 1 nitrogen and oxygen atoms in total. The van der Waals surface area contributed by atoms with Crippen molar-refractivity contribution in [2.45, 2.75) is 64.7 Å². The van der Waals surface area contributed by atoms with Crippen LogP contribution in [0.25, 0.3) is 0 Å². The van der Waals surface area contributed by atoms with Gasteiger partial charge in [0.25, 0.3) is 0 Å². The minimum atomic E-state index is -4.32. The molecule has 1 rings (SSSR count). The monoisotopic (exact) mass is 288 g/mol. The van der Waals surface area contributed by atoms with E-state index in [1.807, 2.05) is 6.92 Å². The van der Waals surface area contributed by atoms with Gasteiger partial charge in [-0.05, 0) is 38.0 Å². The molecule has 0 N–H and O–H groups in total. The van der Waals surface area contributed by atoms with Crippen LogP contribution >= 0.6 is 0 Å². The first kappa shape index (κ1) is 16.9. The van der Waals surface area contributed by atoms with Crippen molar-refractivity contribution in [3.63, 3.8) is 0 Å². The third-order valence-electron chi connectivity index (χ3n) is 3.21. The summed E-state index contributed by atoms with van der Waals surface area (Å²) in [7, 11) is 0. The summed E-state index contributed by atoms with van der Waals surface area (Å²) in [5, 5.41) is 0. The zero-order chi connectivity index (χ0) is 15.0. The van der Waals surface area contributed by atoms with Crippen LogP contribution in [-0.2, 0) is 6.18 Å². The van der Waals surface area contributed by atoms with E-state index in [0.29, 0.717) is 5.75 Å². The number of unbranched alkanes of at least 4 members (excludes halogenated alkanes) is 4. The summed E-state index contributed by atoms with van der Waals surface area (Å²) in [5.41, 5.74) is -0.662. The SMILES string of the molecule is CCCCCCCC(C)Oc1cccc(C(F)(F)F)c1. The van der Waals surface area contributed by atoms with E-state index in [-0.39, 0.29) is 6.10 Å². The average molecular weight is 288 g/mol. The van der Waals surface area contributed by atoms with Crippen LogP contribution in [0.1, 0.15) is 57.9 Å². The van der Waals surface area contributed by atoms with E-state index < -0.39 is 11.7 Å². The molecule has 0 saturated carbocycles. The van der Waals surface area contributed by atoms with Crippen molar-refractivity contribution >= 4 is 0 Å². The Labute approximate surface area is 119 Å². The van der Waals surface area contributed by atoms with Gasteiger partial charge in [-0.15, -0.1) is 0 Å². The molecule has 1 atom stereocenters. The summed E-state index contributed by atoms with van der Waals surface area (Å²) >= 11 is 0. The first-order valence-electron chi connectivity index (χ1n) is 7.27. The van der Waals surface area contributed by atoms with Gasteiger partial charge in [-0.3, -0.25) is 0 Å². The Morgan fingerprint density at radius 2 is 1.80 bits per heavy atom. The molecule has 0 fully saturated rings. The Morgan fingerprint density at radius 3 is 2.45 bits per heavy atom. The summed E-state index contributed by atoms with van der Waals surface area (Å²) in [5.74, 6) is 0.292. The number of hydrogen-bond acceptors (Lipinski definition) is 1. The molecule has 0 bridgehead atoms. The van der Waals surface area contributed by atoms with Gasteiger partial charge in [0, 0.05) is 0 Å². The molecule has 20 heavy (non-hydrogen) atoms. The highest BCUT2D eigenvalue weighted by Gasteiger charge is 2.30. The Bertz CT molecular complexity index is 388. The van der Waals surface area contributed by atoms with Gasteiger partial charge in [0.1, 0.15) is 5.75 Å². The lowest BCUT2D eigenvalue weighted by Crippen LogP contribution is -2.12. The second-order valence-electron chi connectivity index (χ2n) is 5.16. The lowest BCUT2D eigenvalue weighted by atomic mass is 10.1. The third kappa shape index (κ3) is 6.31. The molecule has 0 amide bonds. The van der Waals surface area contributed by atoms with Crippen LogP contribution in [0.2, 0.25) is 0 Å². The Morgan fingerprint density at radius 1 is 1.10 bits per heavy atom. The van der Waals surface area contributed by atoms with Crippen molar-refractivity contribution in [3.8, 4) is 5.75 Å². The molecule has 1 unspecified atom stereocenters. The molecule has 0 aliphatic carbocycles. The van der Waals surface area contributed by atoms with E-state index >= 15 is 0 Å². The van der Waals surface area contributed by atoms with Crippen LogP contribution in [-0.4, -0.2) is 6.10 Å². The van der Waals surface area contributed by atoms with Gasteiger partial charge in [0.05, 0.1) is 11.7 Å². The fourth-order valence-corrected chi connectivity index (χ4v) is 2.07. The van der Waals surface area contributed by atoms with Crippen LogP contribution in [0.5, 0.6) is 5.75 Å². The molecular weight excluding hydrogens is 265 g/mol. The minimum Gasteiger partial charge on any atom is -0.491 e. The Kier molecular flexibility index (Phi) is 6.89. The van der Waals surface area contributed by atoms with E-state index in [2.05, 4.69) is 6.92 Å². The van der Waals surface area contributed by atoms with Crippen LogP contribution in [0, 0.1) is 0 Å². The second kappa shape index (κ2) is 8.18. The zero-order valence-electron chi connectivity index (χ0n) is 12.2. The molecule has 0 spiro atoms. The van der Waals surface area contributed by atoms with Gasteiger partial charge in [-0.2, -0.15) is 13.2 Å². The highest BCUT2D eigenvalue weighted by molar-refractivity contribution is 5.30. The number of hydrogen-bond donors (Lipinski definition) is 0. The van der Waals surface area contributed by atoms with Gasteiger partial charge in [-0.1, -0.05) is 38.7 Å². The van der Waals surface area contributed by atoms with Crippen LogP contribution < -0.4 is 4.74 Å². The van der Waals surface area contributed by atoms with Gasteiger partial charge in [-0.25, -0.2) is 0 Å². The van der Waals surface area contributed by atoms with Crippen LogP contribution in [0.15, 0.2) is 24.3 Å². The average Bonchev–Trinajstić information content (AvgIpc) is 2.38. The van der Waals surface area contributed by atoms with E-state index in [1.165, 1.54) is 25.3 Å². The summed E-state index contributed by atoms with van der Waals surface area (Å²) in [6.45, 7) is 4.07. The second-order valence-corrected chi connectivity index (χ2v) is 5.16. The Balaban J connectivity index is 2.40. The van der Waals surface area contributed by atoms with Gasteiger partial charge >= 0.3 is 6.18 Å². The maximum atomic E-state index is 12.6. The molecule has 1 aromatic rings. The van der Waals surface area contributed by atoms with Crippen molar-refractivity contribution in [2.75, 3.05) is 0 Å². The molecule has 1 aromatic carbocycles. The fourth-order valence-electron chi connectivity index (χ4n) is 2.07. The maximum absolute atomic E-state index is 12.6. The predicted octanol–water partition coefficient (Wildman–Crippen LogP) is 5.83. The quantitative estimate of drug-likeness (QED) is 0.546. The summed E-state index contributed by atoms with van der Waals surface area (Å²) in [6, 6.07) is 5.07. The molecule has 0 radical (unpaired) electrons. The normalized spacial score (nSPS) is 13.2. The van der Waals surface area contributed by atoms with Gasteiger partial charge in [0.15, 0.2) is 0 Å². The summed E-state index contributed by atoms with van der Waals surface area (Å²) < 4.78 is 43.3. The van der Waals surface area contributed by atoms with E-state index in [0.717, 1.165) is 31.4 Å². The van der Waals surface area contributed by atoms with E-state index in [4.69, 9.17) is 4.74 Å². The van der Waals surface area contributed by atoms with Gasteiger partial charge < -0.3 is 4.74 Å². The summed E-state index contributed by atoms with van der Waals surface area (Å²) in [6.07, 6.45) is 2.37. The molecule has 4 heteroatoms. The smallest absolute Gasteiger partial charge is 0.416 e. The molecule has 0 aliphatic rings. The highest BCUT2D eigenvalue weighted by Crippen LogP contribution is 2.31.